The van der Waals surface area contributed by atoms with Crippen LogP contribution in [0.2, 0.25) is 0 Å². The van der Waals surface area contributed by atoms with Crippen molar-refractivity contribution in [2.75, 3.05) is 20.1 Å². The standard InChI is InChI=1S/C13H21F3N4S/c1-3-4-5-7-18-12(17-2)19-8-6-11-20-10(9-21-11)13(14,15)16/h9H,3-8H2,1-2H3,(H2,17,18,19). The Morgan fingerprint density at radius 1 is 1.29 bits per heavy atom. The van der Waals surface area contributed by atoms with Gasteiger partial charge in [-0.15, -0.1) is 11.3 Å². The van der Waals surface area contributed by atoms with E-state index in [1.54, 1.807) is 7.05 Å². The number of alkyl halides is 3. The molecule has 1 aromatic heterocycles. The molecule has 1 rings (SSSR count). The summed E-state index contributed by atoms with van der Waals surface area (Å²) in [6, 6.07) is 0. The maximum atomic E-state index is 12.4. The molecule has 0 aromatic carbocycles. The number of aromatic nitrogens is 1. The molecule has 0 amide bonds. The summed E-state index contributed by atoms with van der Waals surface area (Å²) in [5.41, 5.74) is -0.815. The van der Waals surface area contributed by atoms with Gasteiger partial charge in [-0.2, -0.15) is 13.2 Å². The van der Waals surface area contributed by atoms with Crippen LogP contribution in [0, 0.1) is 0 Å². The van der Waals surface area contributed by atoms with Gasteiger partial charge in [-0.3, -0.25) is 4.99 Å². The first-order chi connectivity index (χ1) is 9.97. The molecule has 0 aliphatic carbocycles. The summed E-state index contributed by atoms with van der Waals surface area (Å²) < 4.78 is 37.2. The Hall–Kier alpha value is -1.31. The summed E-state index contributed by atoms with van der Waals surface area (Å²) in [6.45, 7) is 3.47. The predicted octanol–water partition coefficient (Wildman–Crippen LogP) is 3.06. The number of nitrogens with one attached hydrogen (secondary N) is 2. The van der Waals surface area contributed by atoms with E-state index in [0.717, 1.165) is 42.5 Å². The average molecular weight is 322 g/mol. The van der Waals surface area contributed by atoms with Gasteiger partial charge in [0.1, 0.15) is 0 Å². The summed E-state index contributed by atoms with van der Waals surface area (Å²) in [4.78, 5) is 7.64. The van der Waals surface area contributed by atoms with Crippen molar-refractivity contribution < 1.29 is 13.2 Å². The van der Waals surface area contributed by atoms with E-state index < -0.39 is 11.9 Å². The van der Waals surface area contributed by atoms with Crippen LogP contribution in [-0.4, -0.2) is 31.1 Å². The molecule has 0 atom stereocenters. The van der Waals surface area contributed by atoms with E-state index in [2.05, 4.69) is 27.5 Å². The predicted molar refractivity (Wildman–Crippen MR) is 79.7 cm³/mol. The highest BCUT2D eigenvalue weighted by Crippen LogP contribution is 2.29. The van der Waals surface area contributed by atoms with E-state index in [1.807, 2.05) is 0 Å². The molecule has 21 heavy (non-hydrogen) atoms. The lowest BCUT2D eigenvalue weighted by atomic mass is 10.2. The maximum Gasteiger partial charge on any atom is 0.434 e. The minimum Gasteiger partial charge on any atom is -0.356 e. The Balaban J connectivity index is 2.30. The van der Waals surface area contributed by atoms with Crippen molar-refractivity contribution in [1.29, 1.82) is 0 Å². The second-order valence-corrected chi connectivity index (χ2v) is 5.45. The van der Waals surface area contributed by atoms with Gasteiger partial charge >= 0.3 is 6.18 Å². The Morgan fingerprint density at radius 2 is 2.00 bits per heavy atom. The van der Waals surface area contributed by atoms with Crippen molar-refractivity contribution in [2.45, 2.75) is 38.8 Å². The Morgan fingerprint density at radius 3 is 2.57 bits per heavy atom. The van der Waals surface area contributed by atoms with E-state index in [4.69, 9.17) is 0 Å². The number of thiazole rings is 1. The van der Waals surface area contributed by atoms with Gasteiger partial charge in [0, 0.05) is 31.9 Å². The summed E-state index contributed by atoms with van der Waals surface area (Å²) in [7, 11) is 1.67. The van der Waals surface area contributed by atoms with Gasteiger partial charge in [-0.05, 0) is 6.42 Å². The third kappa shape index (κ3) is 6.79. The first-order valence-corrected chi connectivity index (χ1v) is 7.81. The van der Waals surface area contributed by atoms with E-state index in [1.165, 1.54) is 0 Å². The molecule has 0 saturated carbocycles. The lowest BCUT2D eigenvalue weighted by Crippen LogP contribution is -2.38. The molecule has 0 radical (unpaired) electrons. The number of guanidine groups is 1. The van der Waals surface area contributed by atoms with Gasteiger partial charge in [0.2, 0.25) is 0 Å². The molecule has 1 aromatic rings. The summed E-state index contributed by atoms with van der Waals surface area (Å²) in [6.07, 6.45) is -0.545. The highest BCUT2D eigenvalue weighted by Gasteiger charge is 2.33. The fourth-order valence-corrected chi connectivity index (χ4v) is 2.45. The lowest BCUT2D eigenvalue weighted by molar-refractivity contribution is -0.140. The summed E-state index contributed by atoms with van der Waals surface area (Å²) >= 11 is 1.03. The van der Waals surface area contributed by atoms with Crippen molar-refractivity contribution in [1.82, 2.24) is 15.6 Å². The topological polar surface area (TPSA) is 49.3 Å². The van der Waals surface area contributed by atoms with Crippen LogP contribution in [-0.2, 0) is 12.6 Å². The van der Waals surface area contributed by atoms with Gasteiger partial charge in [0.05, 0.1) is 5.01 Å². The van der Waals surface area contributed by atoms with Crippen LogP contribution in [0.4, 0.5) is 13.2 Å². The molecule has 0 saturated heterocycles. The number of halogens is 3. The van der Waals surface area contributed by atoms with Crippen LogP contribution < -0.4 is 10.6 Å². The van der Waals surface area contributed by atoms with Crippen molar-refractivity contribution in [3.05, 3.63) is 16.1 Å². The fourth-order valence-electron chi connectivity index (χ4n) is 1.65. The molecule has 0 unspecified atom stereocenters. The zero-order chi connectivity index (χ0) is 15.7. The monoisotopic (exact) mass is 322 g/mol. The average Bonchev–Trinajstić information content (AvgIpc) is 2.90. The molecule has 120 valence electrons. The molecule has 2 N–H and O–H groups in total. The Kier molecular flexibility index (Phi) is 7.49. The van der Waals surface area contributed by atoms with Crippen molar-refractivity contribution in [3.63, 3.8) is 0 Å². The van der Waals surface area contributed by atoms with Crippen molar-refractivity contribution >= 4 is 17.3 Å². The minimum atomic E-state index is -4.36. The van der Waals surface area contributed by atoms with Gasteiger partial charge < -0.3 is 10.6 Å². The molecule has 0 aliphatic heterocycles. The van der Waals surface area contributed by atoms with E-state index in [9.17, 15) is 13.2 Å². The molecule has 4 nitrogen and oxygen atoms in total. The fraction of sp³-hybridized carbons (Fsp3) is 0.692. The van der Waals surface area contributed by atoms with Crippen LogP contribution in [0.1, 0.15) is 36.9 Å². The normalized spacial score (nSPS) is 12.5. The maximum absolute atomic E-state index is 12.4. The van der Waals surface area contributed by atoms with Crippen LogP contribution in [0.5, 0.6) is 0 Å². The molecule has 0 fully saturated rings. The van der Waals surface area contributed by atoms with Gasteiger partial charge in [-0.1, -0.05) is 19.8 Å². The van der Waals surface area contributed by atoms with E-state index in [0.29, 0.717) is 23.9 Å². The second-order valence-electron chi connectivity index (χ2n) is 4.51. The zero-order valence-electron chi connectivity index (χ0n) is 12.3. The van der Waals surface area contributed by atoms with Crippen molar-refractivity contribution in [2.24, 2.45) is 4.99 Å². The quantitative estimate of drug-likeness (QED) is 0.461. The third-order valence-electron chi connectivity index (χ3n) is 2.77. The lowest BCUT2D eigenvalue weighted by Gasteiger charge is -2.10. The molecular weight excluding hydrogens is 301 g/mol. The number of nitrogens with zero attached hydrogens (tertiary/aromatic N) is 2. The first kappa shape index (κ1) is 17.7. The Labute approximate surface area is 126 Å². The highest BCUT2D eigenvalue weighted by atomic mass is 32.1. The summed E-state index contributed by atoms with van der Waals surface area (Å²) in [5.74, 6) is 0.665. The molecule has 8 heteroatoms. The van der Waals surface area contributed by atoms with Gasteiger partial charge in [0.25, 0.3) is 0 Å². The summed E-state index contributed by atoms with van der Waals surface area (Å²) in [5, 5.41) is 7.75. The van der Waals surface area contributed by atoms with Crippen LogP contribution >= 0.6 is 11.3 Å². The number of hydrogen-bond acceptors (Lipinski definition) is 3. The molecule has 1 heterocycles. The van der Waals surface area contributed by atoms with E-state index >= 15 is 0 Å². The van der Waals surface area contributed by atoms with Crippen LogP contribution in [0.3, 0.4) is 0 Å². The number of hydrogen-bond donors (Lipinski definition) is 2. The van der Waals surface area contributed by atoms with Crippen LogP contribution in [0.25, 0.3) is 0 Å². The van der Waals surface area contributed by atoms with Gasteiger partial charge in [0.15, 0.2) is 11.7 Å². The molecule has 0 spiro atoms. The number of rotatable bonds is 7. The van der Waals surface area contributed by atoms with Gasteiger partial charge in [-0.25, -0.2) is 4.98 Å². The minimum absolute atomic E-state index is 0.441. The zero-order valence-corrected chi connectivity index (χ0v) is 13.1. The Bertz CT molecular complexity index is 443. The molecule has 0 aliphatic rings. The molecule has 0 bridgehead atoms. The SMILES string of the molecule is CCCCCNC(=NC)NCCc1nc(C(F)(F)F)cs1. The smallest absolute Gasteiger partial charge is 0.356 e. The second kappa shape index (κ2) is 8.86. The van der Waals surface area contributed by atoms with E-state index in [-0.39, 0.29) is 0 Å². The number of unbranched alkanes of at least 4 members (excludes halogenated alkanes) is 2. The molecular formula is C13H21F3N4S. The number of aliphatic imine (C=N–C) groups is 1. The van der Waals surface area contributed by atoms with Crippen LogP contribution in [0.15, 0.2) is 10.4 Å². The van der Waals surface area contributed by atoms with Crippen molar-refractivity contribution in [3.8, 4) is 0 Å². The first-order valence-electron chi connectivity index (χ1n) is 6.93. The largest absolute Gasteiger partial charge is 0.434 e. The highest BCUT2D eigenvalue weighted by molar-refractivity contribution is 7.09. The third-order valence-corrected chi connectivity index (χ3v) is 3.68.